The molecular formula is C19H24BrN. The lowest BCUT2D eigenvalue weighted by atomic mass is 10.0. The van der Waals surface area contributed by atoms with E-state index >= 15 is 0 Å². The van der Waals surface area contributed by atoms with Crippen LogP contribution in [0.5, 0.6) is 0 Å². The SMILES string of the molecule is CC(C)c1ccc(CN(CCBr)Cc2ccccc2)cc1. The number of rotatable bonds is 7. The van der Waals surface area contributed by atoms with E-state index < -0.39 is 0 Å². The summed E-state index contributed by atoms with van der Waals surface area (Å²) in [6.07, 6.45) is 0. The van der Waals surface area contributed by atoms with Gasteiger partial charge >= 0.3 is 0 Å². The fraction of sp³-hybridized carbons (Fsp3) is 0.368. The number of alkyl halides is 1. The van der Waals surface area contributed by atoms with E-state index in [0.29, 0.717) is 5.92 Å². The minimum Gasteiger partial charge on any atom is -0.294 e. The fourth-order valence-electron chi connectivity index (χ4n) is 2.44. The molecule has 0 radical (unpaired) electrons. The Balaban J connectivity index is 2.02. The molecule has 0 amide bonds. The van der Waals surface area contributed by atoms with E-state index in [1.165, 1.54) is 16.7 Å². The maximum Gasteiger partial charge on any atom is 0.0237 e. The molecule has 21 heavy (non-hydrogen) atoms. The summed E-state index contributed by atoms with van der Waals surface area (Å²) in [6.45, 7) is 7.53. The average Bonchev–Trinajstić information content (AvgIpc) is 2.49. The van der Waals surface area contributed by atoms with Gasteiger partial charge < -0.3 is 0 Å². The molecule has 2 rings (SSSR count). The summed E-state index contributed by atoms with van der Waals surface area (Å²) < 4.78 is 0. The molecule has 0 unspecified atom stereocenters. The molecule has 0 aliphatic heterocycles. The average molecular weight is 346 g/mol. The van der Waals surface area contributed by atoms with Gasteiger partial charge in [-0.2, -0.15) is 0 Å². The van der Waals surface area contributed by atoms with Gasteiger partial charge in [0.05, 0.1) is 0 Å². The number of benzene rings is 2. The summed E-state index contributed by atoms with van der Waals surface area (Å²) in [5, 5.41) is 1.00. The summed E-state index contributed by atoms with van der Waals surface area (Å²) in [6, 6.07) is 19.7. The molecule has 0 N–H and O–H groups in total. The van der Waals surface area contributed by atoms with Crippen molar-refractivity contribution in [2.45, 2.75) is 32.9 Å². The number of halogens is 1. The lowest BCUT2D eigenvalue weighted by Crippen LogP contribution is -2.24. The first kappa shape index (κ1) is 16.3. The molecule has 0 aliphatic carbocycles. The third-order valence-corrected chi connectivity index (χ3v) is 4.06. The standard InChI is InChI=1S/C19H24BrN/c1-16(2)19-10-8-18(9-11-19)15-21(13-12-20)14-17-6-4-3-5-7-17/h3-11,16H,12-15H2,1-2H3. The van der Waals surface area contributed by atoms with Crippen molar-refractivity contribution in [1.29, 1.82) is 0 Å². The summed E-state index contributed by atoms with van der Waals surface area (Å²) >= 11 is 3.57. The number of hydrogen-bond donors (Lipinski definition) is 0. The second-order valence-electron chi connectivity index (χ2n) is 5.78. The van der Waals surface area contributed by atoms with Crippen molar-refractivity contribution in [2.75, 3.05) is 11.9 Å². The molecule has 112 valence electrons. The van der Waals surface area contributed by atoms with Gasteiger partial charge in [0, 0.05) is 25.0 Å². The molecule has 0 aliphatic rings. The molecule has 0 spiro atoms. The Morgan fingerprint density at radius 1 is 0.857 bits per heavy atom. The Labute approximate surface area is 137 Å². The lowest BCUT2D eigenvalue weighted by Gasteiger charge is -2.22. The predicted molar refractivity (Wildman–Crippen MR) is 94.9 cm³/mol. The predicted octanol–water partition coefficient (Wildman–Crippen LogP) is 5.21. The van der Waals surface area contributed by atoms with Gasteiger partial charge in [-0.25, -0.2) is 0 Å². The van der Waals surface area contributed by atoms with Gasteiger partial charge in [-0.05, 0) is 22.6 Å². The molecule has 0 saturated carbocycles. The van der Waals surface area contributed by atoms with Crippen LogP contribution in [0, 0.1) is 0 Å². The molecule has 2 heteroatoms. The van der Waals surface area contributed by atoms with Crippen molar-refractivity contribution < 1.29 is 0 Å². The number of hydrogen-bond acceptors (Lipinski definition) is 1. The zero-order chi connectivity index (χ0) is 15.1. The van der Waals surface area contributed by atoms with Crippen molar-refractivity contribution in [3.63, 3.8) is 0 Å². The van der Waals surface area contributed by atoms with Crippen LogP contribution in [0.3, 0.4) is 0 Å². The summed E-state index contributed by atoms with van der Waals surface area (Å²) in [4.78, 5) is 2.48. The molecule has 1 nitrogen and oxygen atoms in total. The van der Waals surface area contributed by atoms with E-state index in [-0.39, 0.29) is 0 Å². The molecule has 0 saturated heterocycles. The largest absolute Gasteiger partial charge is 0.294 e. The molecule has 2 aromatic carbocycles. The second-order valence-corrected chi connectivity index (χ2v) is 6.57. The van der Waals surface area contributed by atoms with Crippen LogP contribution in [0.25, 0.3) is 0 Å². The van der Waals surface area contributed by atoms with Gasteiger partial charge in [0.15, 0.2) is 0 Å². The Bertz CT molecular complexity index is 519. The monoisotopic (exact) mass is 345 g/mol. The zero-order valence-electron chi connectivity index (χ0n) is 12.9. The van der Waals surface area contributed by atoms with E-state index in [0.717, 1.165) is 25.0 Å². The smallest absolute Gasteiger partial charge is 0.0237 e. The minimum absolute atomic E-state index is 0.599. The van der Waals surface area contributed by atoms with Crippen LogP contribution in [0.15, 0.2) is 54.6 Å². The quantitative estimate of drug-likeness (QED) is 0.622. The molecule has 0 aromatic heterocycles. The van der Waals surface area contributed by atoms with Crippen molar-refractivity contribution in [1.82, 2.24) is 4.90 Å². The van der Waals surface area contributed by atoms with Gasteiger partial charge in [-0.3, -0.25) is 4.90 Å². The Kier molecular flexibility index (Phi) is 6.47. The molecule has 0 bridgehead atoms. The van der Waals surface area contributed by atoms with E-state index in [2.05, 4.69) is 89.3 Å². The summed E-state index contributed by atoms with van der Waals surface area (Å²) in [7, 11) is 0. The molecule has 0 atom stereocenters. The molecule has 2 aromatic rings. The van der Waals surface area contributed by atoms with Gasteiger partial charge in [0.25, 0.3) is 0 Å². The highest BCUT2D eigenvalue weighted by molar-refractivity contribution is 9.09. The lowest BCUT2D eigenvalue weighted by molar-refractivity contribution is 0.274. The highest BCUT2D eigenvalue weighted by atomic mass is 79.9. The van der Waals surface area contributed by atoms with E-state index in [1.54, 1.807) is 0 Å². The van der Waals surface area contributed by atoms with Crippen LogP contribution >= 0.6 is 15.9 Å². The summed E-state index contributed by atoms with van der Waals surface area (Å²) in [5.74, 6) is 0.599. The zero-order valence-corrected chi connectivity index (χ0v) is 14.5. The minimum atomic E-state index is 0.599. The van der Waals surface area contributed by atoms with E-state index in [4.69, 9.17) is 0 Å². The van der Waals surface area contributed by atoms with Crippen molar-refractivity contribution in [3.05, 3.63) is 71.3 Å². The Morgan fingerprint density at radius 3 is 1.95 bits per heavy atom. The topological polar surface area (TPSA) is 3.24 Å². The van der Waals surface area contributed by atoms with Crippen LogP contribution in [-0.2, 0) is 13.1 Å². The molecule has 0 fully saturated rings. The van der Waals surface area contributed by atoms with E-state index in [9.17, 15) is 0 Å². The van der Waals surface area contributed by atoms with Gasteiger partial charge in [0.1, 0.15) is 0 Å². The van der Waals surface area contributed by atoms with Crippen LogP contribution in [0.2, 0.25) is 0 Å². The Hall–Kier alpha value is -1.12. The fourth-order valence-corrected chi connectivity index (χ4v) is 2.94. The Morgan fingerprint density at radius 2 is 1.43 bits per heavy atom. The van der Waals surface area contributed by atoms with Gasteiger partial charge in [0.2, 0.25) is 0 Å². The van der Waals surface area contributed by atoms with Gasteiger partial charge in [-0.15, -0.1) is 0 Å². The number of nitrogens with zero attached hydrogens (tertiary/aromatic N) is 1. The highest BCUT2D eigenvalue weighted by Crippen LogP contribution is 2.16. The van der Waals surface area contributed by atoms with Crippen molar-refractivity contribution in [3.8, 4) is 0 Å². The first-order valence-corrected chi connectivity index (χ1v) is 8.72. The van der Waals surface area contributed by atoms with Crippen LogP contribution in [0.4, 0.5) is 0 Å². The second kappa shape index (κ2) is 8.35. The normalized spacial score (nSPS) is 11.3. The first-order chi connectivity index (χ1) is 10.2. The third kappa shape index (κ3) is 5.29. The van der Waals surface area contributed by atoms with Crippen LogP contribution in [0.1, 0.15) is 36.5 Å². The van der Waals surface area contributed by atoms with Crippen molar-refractivity contribution in [2.24, 2.45) is 0 Å². The molecule has 0 heterocycles. The summed E-state index contributed by atoms with van der Waals surface area (Å²) in [5.41, 5.74) is 4.17. The van der Waals surface area contributed by atoms with Crippen LogP contribution in [-0.4, -0.2) is 16.8 Å². The van der Waals surface area contributed by atoms with Crippen LogP contribution < -0.4 is 0 Å². The highest BCUT2D eigenvalue weighted by Gasteiger charge is 2.07. The maximum absolute atomic E-state index is 3.57. The first-order valence-electron chi connectivity index (χ1n) is 7.60. The third-order valence-electron chi connectivity index (χ3n) is 3.70. The van der Waals surface area contributed by atoms with Crippen molar-refractivity contribution >= 4 is 15.9 Å². The maximum atomic E-state index is 3.57. The van der Waals surface area contributed by atoms with Gasteiger partial charge in [-0.1, -0.05) is 84.4 Å². The molecular weight excluding hydrogens is 322 g/mol. The van der Waals surface area contributed by atoms with E-state index in [1.807, 2.05) is 0 Å².